The van der Waals surface area contributed by atoms with Gasteiger partial charge in [-0.05, 0) is 61.4 Å². The van der Waals surface area contributed by atoms with Gasteiger partial charge in [0.2, 0.25) is 5.78 Å². The maximum absolute atomic E-state index is 13.8. The van der Waals surface area contributed by atoms with Crippen molar-refractivity contribution in [3.8, 4) is 11.5 Å². The number of anilines is 1. The number of furan rings is 1. The molecule has 38 heavy (non-hydrogen) atoms. The molecule has 0 unspecified atom stereocenters. The monoisotopic (exact) mass is 526 g/mol. The lowest BCUT2D eigenvalue weighted by atomic mass is 9.95. The number of phenolic OH excluding ortho intramolecular Hbond substituents is 1. The number of carbonyl (C=O) groups is 2. The zero-order valence-electron chi connectivity index (χ0n) is 20.5. The third kappa shape index (κ3) is 3.79. The number of aromatic hydroxyl groups is 1. The Morgan fingerprint density at radius 1 is 1.11 bits per heavy atom. The van der Waals surface area contributed by atoms with Crippen molar-refractivity contribution < 1.29 is 29.0 Å². The summed E-state index contributed by atoms with van der Waals surface area (Å²) in [5, 5.41) is 22.4. The largest absolute Gasteiger partial charge is 0.504 e. The number of ketones is 1. The summed E-state index contributed by atoms with van der Waals surface area (Å²) < 4.78 is 12.2. The molecule has 1 aliphatic heterocycles. The zero-order chi connectivity index (χ0) is 26.6. The molecule has 0 saturated carbocycles. The second kappa shape index (κ2) is 9.04. The number of aliphatic hydroxyl groups excluding tert-OH is 1. The molecule has 0 aliphatic carbocycles. The zero-order valence-corrected chi connectivity index (χ0v) is 21.3. The molecule has 3 aromatic carbocycles. The van der Waals surface area contributed by atoms with Crippen molar-refractivity contribution in [3.63, 3.8) is 0 Å². The number of para-hydroxylation sites is 1. The van der Waals surface area contributed by atoms with Crippen LogP contribution in [-0.4, -0.2) is 33.5 Å². The summed E-state index contributed by atoms with van der Waals surface area (Å²) in [5.74, 6) is -1.95. The van der Waals surface area contributed by atoms with E-state index in [2.05, 4.69) is 4.98 Å². The molecular weight excluding hydrogens is 504 g/mol. The average Bonchev–Trinajstić information content (AvgIpc) is 3.59. The normalized spacial score (nSPS) is 15.7. The smallest absolute Gasteiger partial charge is 0.296 e. The number of thiazole rings is 1. The summed E-state index contributed by atoms with van der Waals surface area (Å²) in [7, 11) is 0. The van der Waals surface area contributed by atoms with E-state index in [4.69, 9.17) is 9.15 Å². The number of hydrogen-bond acceptors (Lipinski definition) is 8. The second-order valence-corrected chi connectivity index (χ2v) is 9.95. The van der Waals surface area contributed by atoms with Crippen molar-refractivity contribution in [1.29, 1.82) is 0 Å². The minimum absolute atomic E-state index is 0.00358. The fourth-order valence-electron chi connectivity index (χ4n) is 4.67. The Bertz CT molecular complexity index is 1750. The van der Waals surface area contributed by atoms with Crippen LogP contribution in [0.1, 0.15) is 34.6 Å². The molecule has 5 aromatic rings. The van der Waals surface area contributed by atoms with Crippen LogP contribution >= 0.6 is 11.3 Å². The molecule has 6 rings (SSSR count). The van der Waals surface area contributed by atoms with E-state index in [1.165, 1.54) is 22.3 Å². The fraction of sp³-hybridized carbons (Fsp3) is 0.138. The van der Waals surface area contributed by atoms with E-state index in [0.717, 1.165) is 15.6 Å². The first-order chi connectivity index (χ1) is 18.4. The van der Waals surface area contributed by atoms with Crippen molar-refractivity contribution in [1.82, 2.24) is 4.98 Å². The number of fused-ring (bicyclic) bond motifs is 2. The predicted molar refractivity (Wildman–Crippen MR) is 144 cm³/mol. The highest BCUT2D eigenvalue weighted by Crippen LogP contribution is 2.46. The molecule has 2 N–H and O–H groups in total. The molecular formula is C29H22N2O6S. The Balaban J connectivity index is 1.53. The van der Waals surface area contributed by atoms with Gasteiger partial charge in [-0.3, -0.25) is 14.5 Å². The summed E-state index contributed by atoms with van der Waals surface area (Å²) in [4.78, 5) is 33.3. The van der Waals surface area contributed by atoms with E-state index in [0.29, 0.717) is 28.4 Å². The number of ether oxygens (including phenoxy) is 1. The van der Waals surface area contributed by atoms with Crippen LogP contribution in [0.5, 0.6) is 11.5 Å². The number of aryl methyl sites for hydroxylation is 1. The van der Waals surface area contributed by atoms with Crippen LogP contribution in [0.25, 0.3) is 21.2 Å². The van der Waals surface area contributed by atoms with E-state index in [1.54, 1.807) is 37.3 Å². The van der Waals surface area contributed by atoms with E-state index in [9.17, 15) is 19.8 Å². The maximum atomic E-state index is 13.8. The van der Waals surface area contributed by atoms with Crippen LogP contribution in [0.3, 0.4) is 0 Å². The number of rotatable bonds is 6. The Hall–Kier alpha value is -4.63. The number of benzene rings is 3. The number of phenols is 1. The van der Waals surface area contributed by atoms with Crippen molar-refractivity contribution in [2.75, 3.05) is 11.5 Å². The summed E-state index contributed by atoms with van der Waals surface area (Å²) in [5.41, 5.74) is 2.56. The first kappa shape index (κ1) is 23.7. The van der Waals surface area contributed by atoms with Gasteiger partial charge >= 0.3 is 0 Å². The molecule has 0 spiro atoms. The van der Waals surface area contributed by atoms with Gasteiger partial charge in [0.15, 0.2) is 28.1 Å². The topological polar surface area (TPSA) is 113 Å². The molecule has 0 radical (unpaired) electrons. The third-order valence-corrected chi connectivity index (χ3v) is 7.46. The third-order valence-electron chi connectivity index (χ3n) is 6.44. The molecule has 0 saturated heterocycles. The van der Waals surface area contributed by atoms with Crippen LogP contribution in [0, 0.1) is 6.92 Å². The maximum Gasteiger partial charge on any atom is 0.296 e. The first-order valence-electron chi connectivity index (χ1n) is 12.0. The highest BCUT2D eigenvalue weighted by Gasteiger charge is 2.46. The number of aliphatic hydroxyl groups is 1. The molecule has 3 heterocycles. The molecule has 1 aliphatic rings. The van der Waals surface area contributed by atoms with Crippen LogP contribution in [0.15, 0.2) is 82.5 Å². The summed E-state index contributed by atoms with van der Waals surface area (Å²) in [6.45, 7) is 4.04. The van der Waals surface area contributed by atoms with E-state index >= 15 is 0 Å². The van der Waals surface area contributed by atoms with Crippen LogP contribution in [0.2, 0.25) is 0 Å². The lowest BCUT2D eigenvalue weighted by molar-refractivity contribution is -0.117. The highest BCUT2D eigenvalue weighted by molar-refractivity contribution is 7.22. The minimum atomic E-state index is -1.04. The van der Waals surface area contributed by atoms with Gasteiger partial charge < -0.3 is 19.4 Å². The number of carbonyl (C=O) groups excluding carboxylic acids is 2. The SMILES string of the molecule is CCOc1cc([C@@H]2C(C(=O)c3cc4ccccc4o3)=C(O)C(=O)N2c2nc3ccc(C)cc3s2)ccc1O. The van der Waals surface area contributed by atoms with Crippen molar-refractivity contribution >= 4 is 49.3 Å². The number of Topliss-reactive ketones (excluding diaryl/α,β-unsaturated/α-hetero) is 1. The second-order valence-electron chi connectivity index (χ2n) is 8.95. The number of hydrogen-bond donors (Lipinski definition) is 2. The summed E-state index contributed by atoms with van der Waals surface area (Å²) in [6.07, 6.45) is 0. The summed E-state index contributed by atoms with van der Waals surface area (Å²) in [6, 6.07) is 18.1. The van der Waals surface area contributed by atoms with Crippen LogP contribution < -0.4 is 9.64 Å². The molecule has 8 nitrogen and oxygen atoms in total. The van der Waals surface area contributed by atoms with Crippen LogP contribution in [-0.2, 0) is 4.79 Å². The van der Waals surface area contributed by atoms with Gasteiger partial charge in [0, 0.05) is 5.39 Å². The Morgan fingerprint density at radius 3 is 2.71 bits per heavy atom. The van der Waals surface area contributed by atoms with Crippen LogP contribution in [0.4, 0.5) is 5.13 Å². The molecule has 1 amide bonds. The number of amides is 1. The van der Waals surface area contributed by atoms with Crippen molar-refractivity contribution in [2.45, 2.75) is 19.9 Å². The fourth-order valence-corrected chi connectivity index (χ4v) is 5.76. The Morgan fingerprint density at radius 2 is 1.92 bits per heavy atom. The molecule has 190 valence electrons. The van der Waals surface area contributed by atoms with Gasteiger partial charge in [-0.25, -0.2) is 4.98 Å². The van der Waals surface area contributed by atoms with Crippen molar-refractivity contribution in [3.05, 3.63) is 94.9 Å². The van der Waals surface area contributed by atoms with E-state index < -0.39 is 23.5 Å². The molecule has 2 aromatic heterocycles. The van der Waals surface area contributed by atoms with E-state index in [1.807, 2.05) is 37.3 Å². The lowest BCUT2D eigenvalue weighted by Gasteiger charge is -2.24. The van der Waals surface area contributed by atoms with Gasteiger partial charge in [-0.1, -0.05) is 41.7 Å². The average molecular weight is 527 g/mol. The number of aromatic nitrogens is 1. The van der Waals surface area contributed by atoms with Gasteiger partial charge in [0.1, 0.15) is 5.58 Å². The molecule has 1 atom stereocenters. The lowest BCUT2D eigenvalue weighted by Crippen LogP contribution is -2.31. The number of nitrogens with zero attached hydrogens (tertiary/aromatic N) is 2. The molecule has 0 bridgehead atoms. The Kier molecular flexibility index (Phi) is 5.65. The van der Waals surface area contributed by atoms with Gasteiger partial charge in [0.05, 0.1) is 28.4 Å². The van der Waals surface area contributed by atoms with Gasteiger partial charge in [-0.15, -0.1) is 0 Å². The molecule has 9 heteroatoms. The van der Waals surface area contributed by atoms with Gasteiger partial charge in [0.25, 0.3) is 5.91 Å². The quantitative estimate of drug-likeness (QED) is 0.252. The van der Waals surface area contributed by atoms with E-state index in [-0.39, 0.29) is 22.8 Å². The van der Waals surface area contributed by atoms with Gasteiger partial charge in [-0.2, -0.15) is 0 Å². The first-order valence-corrected chi connectivity index (χ1v) is 12.8. The standard InChI is InChI=1S/C29H22N2O6S/c1-3-36-21-14-17(9-11-19(21)32)25-24(26(33)22-13-16-6-4-5-7-20(16)37-22)27(34)28(35)31(25)29-30-18-10-8-15(2)12-23(18)38-29/h4-14,25,32,34H,3H2,1-2H3/t25-/m1/s1. The minimum Gasteiger partial charge on any atom is -0.504 e. The summed E-state index contributed by atoms with van der Waals surface area (Å²) >= 11 is 1.28. The van der Waals surface area contributed by atoms with Crippen molar-refractivity contribution in [2.24, 2.45) is 0 Å². The molecule has 0 fully saturated rings. The Labute approximate surface area is 221 Å². The highest BCUT2D eigenvalue weighted by atomic mass is 32.1. The predicted octanol–water partition coefficient (Wildman–Crippen LogP) is 6.24.